The van der Waals surface area contributed by atoms with Gasteiger partial charge in [0.1, 0.15) is 5.82 Å². The van der Waals surface area contributed by atoms with E-state index in [4.69, 9.17) is 5.73 Å². The molecule has 0 aliphatic heterocycles. The molecule has 1 atom stereocenters. The molecule has 0 saturated carbocycles. The van der Waals surface area contributed by atoms with Crippen molar-refractivity contribution in [2.24, 2.45) is 5.73 Å². The molecule has 1 aromatic carbocycles. The lowest BCUT2D eigenvalue weighted by Gasteiger charge is -2.22. The van der Waals surface area contributed by atoms with Gasteiger partial charge in [0.05, 0.1) is 0 Å². The lowest BCUT2D eigenvalue weighted by molar-refractivity contribution is 0.645. The summed E-state index contributed by atoms with van der Waals surface area (Å²) in [6.07, 6.45) is 3.67. The van der Waals surface area contributed by atoms with Crippen molar-refractivity contribution < 1.29 is 0 Å². The highest BCUT2D eigenvalue weighted by atomic mass is 15.2. The van der Waals surface area contributed by atoms with Crippen molar-refractivity contribution in [2.75, 3.05) is 11.9 Å². The van der Waals surface area contributed by atoms with Crippen LogP contribution >= 0.6 is 0 Å². The van der Waals surface area contributed by atoms with Crippen LogP contribution in [0.3, 0.4) is 0 Å². The van der Waals surface area contributed by atoms with Crippen LogP contribution in [0.1, 0.15) is 24.5 Å². The van der Waals surface area contributed by atoms with Gasteiger partial charge in [-0.3, -0.25) is 0 Å². The molecule has 0 saturated heterocycles. The van der Waals surface area contributed by atoms with E-state index in [0.29, 0.717) is 0 Å². The maximum Gasteiger partial charge on any atom is 0.135 e. The molecule has 1 unspecified atom stereocenters. The number of hydrogen-bond acceptors (Lipinski definition) is 3. The molecule has 0 radical (unpaired) electrons. The number of aryl methyl sites for hydroxylation is 1. The van der Waals surface area contributed by atoms with E-state index in [2.05, 4.69) is 61.1 Å². The minimum Gasteiger partial charge on any atom is -0.329 e. The predicted molar refractivity (Wildman–Crippen MR) is 85.4 cm³/mol. The van der Waals surface area contributed by atoms with E-state index in [9.17, 15) is 0 Å². The maximum absolute atomic E-state index is 6.09. The Bertz CT molecular complexity index is 566. The Labute approximate surface area is 121 Å². The first-order valence-corrected chi connectivity index (χ1v) is 7.11. The average molecular weight is 269 g/mol. The number of pyridine rings is 1. The molecule has 0 spiro atoms. The molecular formula is C17H23N3. The fraction of sp³-hybridized carbons (Fsp3) is 0.353. The Balaban J connectivity index is 2.32. The fourth-order valence-corrected chi connectivity index (χ4v) is 2.28. The van der Waals surface area contributed by atoms with Crippen LogP contribution in [-0.2, 0) is 6.42 Å². The van der Waals surface area contributed by atoms with Gasteiger partial charge in [-0.2, -0.15) is 0 Å². The number of rotatable bonds is 5. The standard InChI is InChI=1S/C17H23N3/c1-4-15(18)12-14-8-6-10-19-17(14)20(3)16-9-5-7-13(2)11-16/h5-11,15H,4,12,18H2,1-3H3. The van der Waals surface area contributed by atoms with Gasteiger partial charge in [-0.05, 0) is 49.1 Å². The molecule has 0 bridgehead atoms. The number of hydrogen-bond donors (Lipinski definition) is 1. The zero-order chi connectivity index (χ0) is 14.5. The first kappa shape index (κ1) is 14.5. The van der Waals surface area contributed by atoms with Gasteiger partial charge < -0.3 is 10.6 Å². The smallest absolute Gasteiger partial charge is 0.135 e. The van der Waals surface area contributed by atoms with Gasteiger partial charge >= 0.3 is 0 Å². The second-order valence-corrected chi connectivity index (χ2v) is 5.26. The van der Waals surface area contributed by atoms with Crippen LogP contribution in [0.5, 0.6) is 0 Å². The van der Waals surface area contributed by atoms with E-state index in [1.807, 2.05) is 12.3 Å². The quantitative estimate of drug-likeness (QED) is 0.904. The molecule has 2 N–H and O–H groups in total. The van der Waals surface area contributed by atoms with Gasteiger partial charge in [0, 0.05) is 25.0 Å². The van der Waals surface area contributed by atoms with Gasteiger partial charge in [0.2, 0.25) is 0 Å². The van der Waals surface area contributed by atoms with Crippen molar-refractivity contribution in [3.05, 3.63) is 53.7 Å². The summed E-state index contributed by atoms with van der Waals surface area (Å²) >= 11 is 0. The minimum atomic E-state index is 0.184. The second-order valence-electron chi connectivity index (χ2n) is 5.26. The summed E-state index contributed by atoms with van der Waals surface area (Å²) in [5.41, 5.74) is 9.69. The predicted octanol–water partition coefficient (Wildman–Crippen LogP) is 3.44. The van der Waals surface area contributed by atoms with Crippen molar-refractivity contribution in [3.63, 3.8) is 0 Å². The second kappa shape index (κ2) is 6.53. The minimum absolute atomic E-state index is 0.184. The lowest BCUT2D eigenvalue weighted by atomic mass is 10.0. The van der Waals surface area contributed by atoms with E-state index in [1.54, 1.807) is 0 Å². The van der Waals surface area contributed by atoms with Crippen LogP contribution in [0, 0.1) is 6.92 Å². The van der Waals surface area contributed by atoms with E-state index < -0.39 is 0 Å². The lowest BCUT2D eigenvalue weighted by Crippen LogP contribution is -2.23. The van der Waals surface area contributed by atoms with E-state index >= 15 is 0 Å². The van der Waals surface area contributed by atoms with E-state index in [0.717, 1.165) is 24.3 Å². The van der Waals surface area contributed by atoms with Crippen LogP contribution in [0.15, 0.2) is 42.6 Å². The van der Waals surface area contributed by atoms with Gasteiger partial charge in [-0.1, -0.05) is 25.1 Å². The van der Waals surface area contributed by atoms with E-state index in [1.165, 1.54) is 11.1 Å². The van der Waals surface area contributed by atoms with Crippen molar-refractivity contribution in [1.29, 1.82) is 0 Å². The summed E-state index contributed by atoms with van der Waals surface area (Å²) < 4.78 is 0. The normalized spacial score (nSPS) is 12.2. The average Bonchev–Trinajstić information content (AvgIpc) is 2.47. The number of nitrogens with zero attached hydrogens (tertiary/aromatic N) is 2. The summed E-state index contributed by atoms with van der Waals surface area (Å²) in [6, 6.07) is 12.7. The van der Waals surface area contributed by atoms with E-state index in [-0.39, 0.29) is 6.04 Å². The Morgan fingerprint density at radius 3 is 2.75 bits per heavy atom. The third-order valence-corrected chi connectivity index (χ3v) is 3.58. The highest BCUT2D eigenvalue weighted by Gasteiger charge is 2.12. The first-order chi connectivity index (χ1) is 9.61. The molecule has 3 nitrogen and oxygen atoms in total. The zero-order valence-electron chi connectivity index (χ0n) is 12.5. The molecule has 0 fully saturated rings. The van der Waals surface area contributed by atoms with Gasteiger partial charge in [0.15, 0.2) is 0 Å². The van der Waals surface area contributed by atoms with Crippen molar-refractivity contribution in [1.82, 2.24) is 4.98 Å². The third kappa shape index (κ3) is 3.36. The number of nitrogens with two attached hydrogens (primary N) is 1. The van der Waals surface area contributed by atoms with Crippen LogP contribution in [-0.4, -0.2) is 18.1 Å². The third-order valence-electron chi connectivity index (χ3n) is 3.58. The summed E-state index contributed by atoms with van der Waals surface area (Å²) in [5.74, 6) is 0.988. The van der Waals surface area contributed by atoms with Crippen LogP contribution in [0.25, 0.3) is 0 Å². The van der Waals surface area contributed by atoms with Crippen molar-refractivity contribution in [2.45, 2.75) is 32.7 Å². The molecule has 3 heteroatoms. The topological polar surface area (TPSA) is 42.1 Å². The SMILES string of the molecule is CCC(N)Cc1cccnc1N(C)c1cccc(C)c1. The maximum atomic E-state index is 6.09. The molecule has 0 aliphatic carbocycles. The Hall–Kier alpha value is -1.87. The zero-order valence-corrected chi connectivity index (χ0v) is 12.5. The number of aromatic nitrogens is 1. The molecule has 0 aliphatic rings. The molecule has 2 aromatic rings. The molecule has 1 heterocycles. The monoisotopic (exact) mass is 269 g/mol. The Morgan fingerprint density at radius 1 is 1.25 bits per heavy atom. The Morgan fingerprint density at radius 2 is 2.05 bits per heavy atom. The molecule has 106 valence electrons. The van der Waals surface area contributed by atoms with Crippen LogP contribution < -0.4 is 10.6 Å². The molecular weight excluding hydrogens is 246 g/mol. The fourth-order valence-electron chi connectivity index (χ4n) is 2.28. The number of anilines is 2. The Kier molecular flexibility index (Phi) is 4.74. The molecule has 2 rings (SSSR count). The number of benzene rings is 1. The molecule has 0 amide bonds. The van der Waals surface area contributed by atoms with Gasteiger partial charge in [-0.15, -0.1) is 0 Å². The van der Waals surface area contributed by atoms with Gasteiger partial charge in [-0.25, -0.2) is 4.98 Å². The highest BCUT2D eigenvalue weighted by molar-refractivity contribution is 5.62. The van der Waals surface area contributed by atoms with Gasteiger partial charge in [0.25, 0.3) is 0 Å². The van der Waals surface area contributed by atoms with Crippen molar-refractivity contribution in [3.8, 4) is 0 Å². The summed E-state index contributed by atoms with van der Waals surface area (Å²) in [4.78, 5) is 6.67. The highest BCUT2D eigenvalue weighted by Crippen LogP contribution is 2.26. The van der Waals surface area contributed by atoms with Crippen LogP contribution in [0.4, 0.5) is 11.5 Å². The summed E-state index contributed by atoms with van der Waals surface area (Å²) in [5, 5.41) is 0. The summed E-state index contributed by atoms with van der Waals surface area (Å²) in [6.45, 7) is 4.22. The first-order valence-electron chi connectivity index (χ1n) is 7.11. The molecule has 20 heavy (non-hydrogen) atoms. The largest absolute Gasteiger partial charge is 0.329 e. The summed E-state index contributed by atoms with van der Waals surface area (Å²) in [7, 11) is 2.05. The molecule has 1 aromatic heterocycles. The van der Waals surface area contributed by atoms with Crippen molar-refractivity contribution >= 4 is 11.5 Å². The van der Waals surface area contributed by atoms with Crippen LogP contribution in [0.2, 0.25) is 0 Å².